The highest BCUT2D eigenvalue weighted by Gasteiger charge is 2.32. The molecule has 7 nitrogen and oxygen atoms in total. The smallest absolute Gasteiger partial charge is 0.264 e. The van der Waals surface area contributed by atoms with Gasteiger partial charge in [0.15, 0.2) is 18.1 Å². The van der Waals surface area contributed by atoms with Crippen molar-refractivity contribution in [2.45, 2.75) is 12.3 Å². The Bertz CT molecular complexity index is 971. The molecule has 0 radical (unpaired) electrons. The van der Waals surface area contributed by atoms with Crippen molar-refractivity contribution in [2.75, 3.05) is 37.1 Å². The number of rotatable bonds is 1. The maximum atomic E-state index is 12.3. The summed E-state index contributed by atoms with van der Waals surface area (Å²) in [6.07, 6.45) is 0.323. The normalized spacial score (nSPS) is 20.3. The molecule has 0 saturated heterocycles. The van der Waals surface area contributed by atoms with E-state index in [4.69, 9.17) is 14.2 Å². The van der Waals surface area contributed by atoms with Crippen LogP contribution in [0.15, 0.2) is 30.3 Å². The number of amides is 2. The van der Waals surface area contributed by atoms with E-state index in [0.29, 0.717) is 42.5 Å². The highest BCUT2D eigenvalue weighted by atomic mass is 16.6. The Morgan fingerprint density at radius 2 is 1.81 bits per heavy atom. The maximum Gasteiger partial charge on any atom is 0.264 e. The van der Waals surface area contributed by atoms with Gasteiger partial charge in [-0.2, -0.15) is 0 Å². The maximum absolute atomic E-state index is 12.3. The van der Waals surface area contributed by atoms with Crippen LogP contribution >= 0.6 is 0 Å². The van der Waals surface area contributed by atoms with Crippen molar-refractivity contribution in [3.63, 3.8) is 0 Å². The second-order valence-corrected chi connectivity index (χ2v) is 6.86. The monoisotopic (exact) mass is 366 g/mol. The summed E-state index contributed by atoms with van der Waals surface area (Å²) in [4.78, 5) is 25.9. The third-order valence-corrected chi connectivity index (χ3v) is 5.23. The summed E-state index contributed by atoms with van der Waals surface area (Å²) >= 11 is 0. The molecule has 0 saturated carbocycles. The van der Waals surface area contributed by atoms with Gasteiger partial charge in [0.1, 0.15) is 19.0 Å². The quantitative estimate of drug-likeness (QED) is 0.838. The van der Waals surface area contributed by atoms with Gasteiger partial charge >= 0.3 is 0 Å². The molecule has 27 heavy (non-hydrogen) atoms. The average Bonchev–Trinajstić information content (AvgIpc) is 2.69. The summed E-state index contributed by atoms with van der Waals surface area (Å²) in [5, 5.41) is 2.92. The van der Waals surface area contributed by atoms with Gasteiger partial charge in [0.25, 0.3) is 5.91 Å². The van der Waals surface area contributed by atoms with E-state index in [1.54, 1.807) is 18.0 Å². The van der Waals surface area contributed by atoms with Gasteiger partial charge in [-0.1, -0.05) is 6.07 Å². The van der Waals surface area contributed by atoms with E-state index in [1.807, 2.05) is 24.3 Å². The van der Waals surface area contributed by atoms with Crippen LogP contribution in [-0.2, 0) is 9.59 Å². The summed E-state index contributed by atoms with van der Waals surface area (Å²) in [5.74, 6) is 1.72. The molecular formula is C20H18N2O5. The zero-order valence-corrected chi connectivity index (χ0v) is 14.8. The van der Waals surface area contributed by atoms with Crippen LogP contribution in [0.4, 0.5) is 11.4 Å². The van der Waals surface area contributed by atoms with Crippen LogP contribution in [-0.4, -0.2) is 38.7 Å². The van der Waals surface area contributed by atoms with Gasteiger partial charge in [-0.05, 0) is 29.3 Å². The second-order valence-electron chi connectivity index (χ2n) is 6.86. The molecule has 1 atom stereocenters. The second kappa shape index (κ2) is 5.90. The van der Waals surface area contributed by atoms with Crippen molar-refractivity contribution in [3.05, 3.63) is 41.5 Å². The van der Waals surface area contributed by atoms with Crippen molar-refractivity contribution in [1.29, 1.82) is 0 Å². The lowest BCUT2D eigenvalue weighted by molar-refractivity contribution is -0.121. The van der Waals surface area contributed by atoms with Crippen LogP contribution in [0.1, 0.15) is 23.5 Å². The van der Waals surface area contributed by atoms with Crippen molar-refractivity contribution >= 4 is 23.2 Å². The van der Waals surface area contributed by atoms with Crippen molar-refractivity contribution in [2.24, 2.45) is 0 Å². The van der Waals surface area contributed by atoms with Crippen LogP contribution < -0.4 is 24.4 Å². The van der Waals surface area contributed by atoms with Crippen molar-refractivity contribution in [1.82, 2.24) is 0 Å². The lowest BCUT2D eigenvalue weighted by atomic mass is 9.84. The molecule has 138 valence electrons. The Labute approximate surface area is 155 Å². The number of carbonyl (C=O) groups excluding carboxylic acids is 2. The lowest BCUT2D eigenvalue weighted by Crippen LogP contribution is -2.36. The van der Waals surface area contributed by atoms with Gasteiger partial charge in [-0.15, -0.1) is 0 Å². The SMILES string of the molecule is CN1C(=O)COc2cc3c(cc21)C(c1ccc2c(c1)OCCO2)CC(=O)N3. The number of likely N-dealkylation sites (N-methyl/N-ethyl adjacent to an activating group) is 1. The van der Waals surface area contributed by atoms with E-state index in [2.05, 4.69) is 5.32 Å². The molecule has 0 aliphatic carbocycles. The predicted octanol–water partition coefficient (Wildman–Crippen LogP) is 2.29. The minimum atomic E-state index is -0.139. The highest BCUT2D eigenvalue weighted by Crippen LogP contribution is 2.45. The van der Waals surface area contributed by atoms with E-state index in [0.717, 1.165) is 16.9 Å². The van der Waals surface area contributed by atoms with E-state index >= 15 is 0 Å². The number of fused-ring (bicyclic) bond motifs is 3. The van der Waals surface area contributed by atoms with E-state index in [-0.39, 0.29) is 24.3 Å². The Morgan fingerprint density at radius 3 is 2.67 bits per heavy atom. The molecular weight excluding hydrogens is 348 g/mol. The number of ether oxygens (including phenoxy) is 3. The first-order chi connectivity index (χ1) is 13.1. The molecule has 1 N–H and O–H groups in total. The first-order valence-electron chi connectivity index (χ1n) is 8.87. The highest BCUT2D eigenvalue weighted by molar-refractivity contribution is 6.00. The van der Waals surface area contributed by atoms with Crippen molar-refractivity contribution < 1.29 is 23.8 Å². The topological polar surface area (TPSA) is 77.1 Å². The Balaban J connectivity index is 1.61. The van der Waals surface area contributed by atoms with E-state index < -0.39 is 0 Å². The minimum absolute atomic E-state index is 0.00181. The number of carbonyl (C=O) groups is 2. The van der Waals surface area contributed by atoms with Gasteiger partial charge in [-0.3, -0.25) is 9.59 Å². The molecule has 1 unspecified atom stereocenters. The summed E-state index contributed by atoms with van der Waals surface area (Å²) in [7, 11) is 1.73. The van der Waals surface area contributed by atoms with Gasteiger partial charge in [0, 0.05) is 31.1 Å². The molecule has 2 aromatic rings. The zero-order chi connectivity index (χ0) is 18.5. The first kappa shape index (κ1) is 16.0. The van der Waals surface area contributed by atoms with Crippen LogP contribution in [0.25, 0.3) is 0 Å². The summed E-state index contributed by atoms with van der Waals surface area (Å²) in [6, 6.07) is 9.52. The molecule has 0 aromatic heterocycles. The van der Waals surface area contributed by atoms with E-state index in [9.17, 15) is 9.59 Å². The molecule has 0 spiro atoms. The third-order valence-electron chi connectivity index (χ3n) is 5.23. The molecule has 2 aromatic carbocycles. The largest absolute Gasteiger partial charge is 0.486 e. The zero-order valence-electron chi connectivity index (χ0n) is 14.8. The minimum Gasteiger partial charge on any atom is -0.486 e. The average molecular weight is 366 g/mol. The fourth-order valence-corrected chi connectivity index (χ4v) is 3.80. The number of hydrogen-bond acceptors (Lipinski definition) is 5. The molecule has 5 rings (SSSR count). The van der Waals surface area contributed by atoms with Gasteiger partial charge in [-0.25, -0.2) is 0 Å². The molecule has 3 aliphatic heterocycles. The fraction of sp³-hybridized carbons (Fsp3) is 0.300. The Kier molecular flexibility index (Phi) is 3.50. The standard InChI is InChI=1S/C20H18N2O5/c1-22-15-7-13-12(11-2-3-16-18(6-11)26-5-4-25-16)8-19(23)21-14(13)9-17(15)27-10-20(22)24/h2-3,6-7,9,12H,4-5,8,10H2,1H3,(H,21,23). The van der Waals surface area contributed by atoms with Crippen molar-refractivity contribution in [3.8, 4) is 17.2 Å². The third kappa shape index (κ3) is 2.58. The summed E-state index contributed by atoms with van der Waals surface area (Å²) in [6.45, 7) is 1.05. The predicted molar refractivity (Wildman–Crippen MR) is 97.9 cm³/mol. The molecule has 0 bridgehead atoms. The van der Waals surface area contributed by atoms with E-state index in [1.165, 1.54) is 0 Å². The van der Waals surface area contributed by atoms with Gasteiger partial charge in [0.2, 0.25) is 5.91 Å². The van der Waals surface area contributed by atoms with Crippen LogP contribution in [0.5, 0.6) is 17.2 Å². The number of nitrogens with one attached hydrogen (secondary N) is 1. The molecule has 3 aliphatic rings. The van der Waals surface area contributed by atoms with Gasteiger partial charge in [0.05, 0.1) is 5.69 Å². The molecule has 0 fully saturated rings. The number of nitrogens with zero attached hydrogens (tertiary/aromatic N) is 1. The molecule has 7 heteroatoms. The van der Waals surface area contributed by atoms with Gasteiger partial charge < -0.3 is 24.4 Å². The fourth-order valence-electron chi connectivity index (χ4n) is 3.80. The number of benzene rings is 2. The summed E-state index contributed by atoms with van der Waals surface area (Å²) in [5.41, 5.74) is 3.35. The number of hydrogen-bond donors (Lipinski definition) is 1. The Hall–Kier alpha value is -3.22. The molecule has 2 amide bonds. The van der Waals surface area contributed by atoms with Crippen LogP contribution in [0.2, 0.25) is 0 Å². The lowest BCUT2D eigenvalue weighted by Gasteiger charge is -2.32. The molecule has 3 heterocycles. The first-order valence-corrected chi connectivity index (χ1v) is 8.87. The number of anilines is 2. The van der Waals surface area contributed by atoms with Crippen LogP contribution in [0, 0.1) is 0 Å². The summed E-state index contributed by atoms with van der Waals surface area (Å²) < 4.78 is 16.8. The van der Waals surface area contributed by atoms with Crippen LogP contribution in [0.3, 0.4) is 0 Å². The Morgan fingerprint density at radius 1 is 1.00 bits per heavy atom.